The van der Waals surface area contributed by atoms with Crippen LogP contribution in [0.15, 0.2) is 60.9 Å². The van der Waals surface area contributed by atoms with Crippen molar-refractivity contribution >= 4 is 11.7 Å². The van der Waals surface area contributed by atoms with Crippen molar-refractivity contribution in [1.29, 1.82) is 0 Å². The molecule has 0 bridgehead atoms. The van der Waals surface area contributed by atoms with E-state index < -0.39 is 29.5 Å². The highest BCUT2D eigenvalue weighted by molar-refractivity contribution is 5.90. The fourth-order valence-corrected chi connectivity index (χ4v) is 2.61. The third kappa shape index (κ3) is 4.43. The molecule has 1 unspecified atom stereocenters. The summed E-state index contributed by atoms with van der Waals surface area (Å²) in [6.45, 7) is 0. The Balaban J connectivity index is 2.05. The molecule has 3 rings (SSSR count). The first kappa shape index (κ1) is 19.3. The molecule has 3 aromatic rings. The van der Waals surface area contributed by atoms with Crippen molar-refractivity contribution in [3.05, 3.63) is 89.1 Å². The monoisotopic (exact) mass is 390 g/mol. The molecule has 0 fully saturated rings. The van der Waals surface area contributed by atoms with Crippen LogP contribution in [0.5, 0.6) is 0 Å². The Morgan fingerprint density at radius 3 is 2.39 bits per heavy atom. The fraction of sp³-hybridized carbons (Fsp3) is 0.105. The number of anilines is 1. The SMILES string of the molecule is NC(=O)c1cncc(NC(c2ccc(F)cc2)c2cccc(C(F)(F)F)c2)n1. The molecule has 1 heterocycles. The largest absolute Gasteiger partial charge is 0.416 e. The van der Waals surface area contributed by atoms with Crippen LogP contribution in [0.4, 0.5) is 23.4 Å². The Labute approximate surface area is 157 Å². The van der Waals surface area contributed by atoms with Gasteiger partial charge in [-0.05, 0) is 35.4 Å². The van der Waals surface area contributed by atoms with Crippen LogP contribution in [0.1, 0.15) is 33.2 Å². The number of amides is 1. The van der Waals surface area contributed by atoms with Gasteiger partial charge in [0.1, 0.15) is 17.3 Å². The molecule has 0 saturated carbocycles. The van der Waals surface area contributed by atoms with E-state index >= 15 is 0 Å². The molecule has 28 heavy (non-hydrogen) atoms. The summed E-state index contributed by atoms with van der Waals surface area (Å²) in [4.78, 5) is 19.2. The summed E-state index contributed by atoms with van der Waals surface area (Å²) in [7, 11) is 0. The summed E-state index contributed by atoms with van der Waals surface area (Å²) in [5.41, 5.74) is 5.02. The fourth-order valence-electron chi connectivity index (χ4n) is 2.61. The van der Waals surface area contributed by atoms with Gasteiger partial charge in [0.2, 0.25) is 0 Å². The van der Waals surface area contributed by atoms with E-state index in [1.165, 1.54) is 48.8 Å². The molecule has 0 spiro atoms. The lowest BCUT2D eigenvalue weighted by atomic mass is 9.97. The third-order valence-corrected chi connectivity index (χ3v) is 3.93. The van der Waals surface area contributed by atoms with Crippen LogP contribution < -0.4 is 11.1 Å². The summed E-state index contributed by atoms with van der Waals surface area (Å²) in [6, 6.07) is 9.21. The minimum atomic E-state index is -4.52. The highest BCUT2D eigenvalue weighted by atomic mass is 19.4. The first-order valence-electron chi connectivity index (χ1n) is 8.05. The number of aromatic nitrogens is 2. The third-order valence-electron chi connectivity index (χ3n) is 3.93. The molecule has 0 radical (unpaired) electrons. The minimum absolute atomic E-state index is 0.105. The number of rotatable bonds is 5. The standard InChI is InChI=1S/C19H14F4N4O/c20-14-6-4-11(5-7-14)17(12-2-1-3-13(8-12)19(21,22)23)27-16-10-25-9-15(26-16)18(24)28/h1-10,17H,(H2,24,28)(H,26,27). The molecule has 1 amide bonds. The molecule has 0 saturated heterocycles. The quantitative estimate of drug-likeness (QED) is 0.647. The number of benzene rings is 2. The molecule has 1 aromatic heterocycles. The van der Waals surface area contributed by atoms with E-state index in [1.807, 2.05) is 0 Å². The first-order chi connectivity index (χ1) is 13.2. The predicted octanol–water partition coefficient (Wildman–Crippen LogP) is 3.93. The summed E-state index contributed by atoms with van der Waals surface area (Å²) in [6.07, 6.45) is -2.05. The minimum Gasteiger partial charge on any atom is -0.364 e. The molecule has 0 aliphatic rings. The number of nitrogens with zero attached hydrogens (tertiary/aromatic N) is 2. The van der Waals surface area contributed by atoms with Crippen LogP contribution in [0.25, 0.3) is 0 Å². The van der Waals surface area contributed by atoms with Gasteiger partial charge in [0.05, 0.1) is 24.0 Å². The lowest BCUT2D eigenvalue weighted by Crippen LogP contribution is -2.18. The molecule has 2 aromatic carbocycles. The van der Waals surface area contributed by atoms with E-state index in [0.717, 1.165) is 12.1 Å². The average Bonchev–Trinajstić information content (AvgIpc) is 2.66. The van der Waals surface area contributed by atoms with Gasteiger partial charge in [-0.25, -0.2) is 9.37 Å². The van der Waals surface area contributed by atoms with Crippen molar-refractivity contribution < 1.29 is 22.4 Å². The molecular formula is C19H14F4N4O. The van der Waals surface area contributed by atoms with Gasteiger partial charge in [-0.3, -0.25) is 9.78 Å². The lowest BCUT2D eigenvalue weighted by molar-refractivity contribution is -0.137. The van der Waals surface area contributed by atoms with Gasteiger partial charge in [-0.2, -0.15) is 13.2 Å². The van der Waals surface area contributed by atoms with Crippen molar-refractivity contribution in [1.82, 2.24) is 9.97 Å². The van der Waals surface area contributed by atoms with E-state index in [9.17, 15) is 22.4 Å². The number of alkyl halides is 3. The van der Waals surface area contributed by atoms with E-state index in [4.69, 9.17) is 5.73 Å². The number of carbonyl (C=O) groups is 1. The number of nitrogens with two attached hydrogens (primary N) is 1. The van der Waals surface area contributed by atoms with Crippen LogP contribution in [0.3, 0.4) is 0 Å². The van der Waals surface area contributed by atoms with Crippen molar-refractivity contribution in [3.63, 3.8) is 0 Å². The van der Waals surface area contributed by atoms with Crippen molar-refractivity contribution in [2.24, 2.45) is 5.73 Å². The average molecular weight is 390 g/mol. The van der Waals surface area contributed by atoms with E-state index in [-0.39, 0.29) is 17.1 Å². The smallest absolute Gasteiger partial charge is 0.364 e. The van der Waals surface area contributed by atoms with Gasteiger partial charge >= 0.3 is 6.18 Å². The number of hydrogen-bond acceptors (Lipinski definition) is 4. The second-order valence-corrected chi connectivity index (χ2v) is 5.91. The maximum atomic E-state index is 13.3. The molecule has 3 N–H and O–H groups in total. The zero-order valence-electron chi connectivity index (χ0n) is 14.2. The summed E-state index contributed by atoms with van der Waals surface area (Å²) in [5, 5.41) is 2.93. The number of hydrogen-bond donors (Lipinski definition) is 2. The van der Waals surface area contributed by atoms with Gasteiger partial charge in [-0.15, -0.1) is 0 Å². The second-order valence-electron chi connectivity index (χ2n) is 5.91. The van der Waals surface area contributed by atoms with Crippen LogP contribution in [0.2, 0.25) is 0 Å². The van der Waals surface area contributed by atoms with Crippen LogP contribution in [-0.4, -0.2) is 15.9 Å². The molecule has 9 heteroatoms. The molecule has 0 aliphatic carbocycles. The molecule has 1 atom stereocenters. The van der Waals surface area contributed by atoms with Crippen molar-refractivity contribution in [2.45, 2.75) is 12.2 Å². The summed E-state index contributed by atoms with van der Waals surface area (Å²) >= 11 is 0. The van der Waals surface area contributed by atoms with E-state index in [2.05, 4.69) is 15.3 Å². The lowest BCUT2D eigenvalue weighted by Gasteiger charge is -2.21. The van der Waals surface area contributed by atoms with Gasteiger partial charge in [0.15, 0.2) is 0 Å². The van der Waals surface area contributed by atoms with Crippen molar-refractivity contribution in [2.75, 3.05) is 5.32 Å². The van der Waals surface area contributed by atoms with Gasteiger partial charge in [0, 0.05) is 0 Å². The molecule has 0 aliphatic heterocycles. The maximum absolute atomic E-state index is 13.3. The number of halogens is 4. The van der Waals surface area contributed by atoms with Crippen LogP contribution in [-0.2, 0) is 6.18 Å². The molecule has 144 valence electrons. The van der Waals surface area contributed by atoms with E-state index in [1.54, 1.807) is 0 Å². The number of carbonyl (C=O) groups excluding carboxylic acids is 1. The topological polar surface area (TPSA) is 80.9 Å². The normalized spacial score (nSPS) is 12.4. The Morgan fingerprint density at radius 2 is 1.75 bits per heavy atom. The van der Waals surface area contributed by atoms with Gasteiger partial charge in [-0.1, -0.05) is 24.3 Å². The Hall–Kier alpha value is -3.49. The highest BCUT2D eigenvalue weighted by Gasteiger charge is 2.31. The van der Waals surface area contributed by atoms with Gasteiger partial charge in [0.25, 0.3) is 5.91 Å². The zero-order chi connectivity index (χ0) is 20.3. The Bertz CT molecular complexity index is 990. The van der Waals surface area contributed by atoms with Crippen LogP contribution >= 0.6 is 0 Å². The van der Waals surface area contributed by atoms with E-state index in [0.29, 0.717) is 5.56 Å². The Kier molecular flexibility index (Phi) is 5.25. The molecule has 5 nitrogen and oxygen atoms in total. The number of nitrogens with one attached hydrogen (secondary N) is 1. The molecular weight excluding hydrogens is 376 g/mol. The Morgan fingerprint density at radius 1 is 1.04 bits per heavy atom. The van der Waals surface area contributed by atoms with Crippen molar-refractivity contribution in [3.8, 4) is 0 Å². The second kappa shape index (κ2) is 7.63. The zero-order valence-corrected chi connectivity index (χ0v) is 14.2. The summed E-state index contributed by atoms with van der Waals surface area (Å²) in [5.74, 6) is -1.15. The maximum Gasteiger partial charge on any atom is 0.416 e. The first-order valence-corrected chi connectivity index (χ1v) is 8.05. The number of primary amides is 1. The highest BCUT2D eigenvalue weighted by Crippen LogP contribution is 2.33. The predicted molar refractivity (Wildman–Crippen MR) is 93.9 cm³/mol. The van der Waals surface area contributed by atoms with Gasteiger partial charge < -0.3 is 11.1 Å². The summed E-state index contributed by atoms with van der Waals surface area (Å²) < 4.78 is 52.6. The van der Waals surface area contributed by atoms with Crippen LogP contribution in [0, 0.1) is 5.82 Å².